The largest absolute Gasteiger partial charge is 0.461 e. The maximum absolute atomic E-state index is 5.52. The van der Waals surface area contributed by atoms with Gasteiger partial charge in [0.05, 0.1) is 6.26 Å². The maximum atomic E-state index is 5.52. The Morgan fingerprint density at radius 2 is 2.35 bits per heavy atom. The maximum Gasteiger partial charge on any atom is 0.178 e. The molecule has 0 aromatic carbocycles. The zero-order chi connectivity index (χ0) is 13.4. The second-order valence-electron chi connectivity index (χ2n) is 5.16. The van der Waals surface area contributed by atoms with E-state index in [9.17, 15) is 0 Å². The smallest absolute Gasteiger partial charge is 0.178 e. The van der Waals surface area contributed by atoms with E-state index in [2.05, 4.69) is 19.9 Å². The summed E-state index contributed by atoms with van der Waals surface area (Å²) in [4.78, 5) is 9.16. The minimum Gasteiger partial charge on any atom is -0.461 e. The number of pyridine rings is 1. The van der Waals surface area contributed by atoms with Crippen molar-refractivity contribution in [1.29, 1.82) is 0 Å². The van der Waals surface area contributed by atoms with Crippen LogP contribution in [0.2, 0.25) is 0 Å². The number of nitrogens with zero attached hydrogens (tertiary/aromatic N) is 3. The number of aromatic nitrogens is 3. The first-order valence-corrected chi connectivity index (χ1v) is 7.00. The highest BCUT2D eigenvalue weighted by Crippen LogP contribution is 2.25. The molecule has 1 fully saturated rings. The highest BCUT2D eigenvalue weighted by atomic mass is 16.3. The van der Waals surface area contributed by atoms with Crippen LogP contribution < -0.4 is 5.32 Å². The summed E-state index contributed by atoms with van der Waals surface area (Å²) in [5, 5.41) is 3.53. The molecule has 1 aliphatic rings. The van der Waals surface area contributed by atoms with Crippen LogP contribution in [-0.4, -0.2) is 27.1 Å². The molecule has 0 saturated carbocycles. The topological polar surface area (TPSA) is 55.9 Å². The van der Waals surface area contributed by atoms with Crippen molar-refractivity contribution in [2.24, 2.45) is 0 Å². The normalized spacial score (nSPS) is 18.9. The quantitative estimate of drug-likeness (QED) is 0.792. The van der Waals surface area contributed by atoms with Crippen LogP contribution in [0, 0.1) is 0 Å². The van der Waals surface area contributed by atoms with Crippen molar-refractivity contribution < 1.29 is 4.42 Å². The van der Waals surface area contributed by atoms with Gasteiger partial charge in [-0.25, -0.2) is 9.97 Å². The Labute approximate surface area is 116 Å². The Morgan fingerprint density at radius 3 is 3.15 bits per heavy atom. The first-order chi connectivity index (χ1) is 9.92. The molecule has 0 amide bonds. The van der Waals surface area contributed by atoms with Crippen LogP contribution in [0.1, 0.15) is 12.8 Å². The number of hydrogen-bond donors (Lipinski definition) is 1. The summed E-state index contributed by atoms with van der Waals surface area (Å²) < 4.78 is 7.69. The Morgan fingerprint density at radius 1 is 1.35 bits per heavy atom. The standard InChI is InChI=1S/C15H16N4O/c1-4-11(16-7-1)10-19-14-12(5-2-8-17-14)18-15(19)13-6-3-9-20-13/h2-3,5-6,8-9,11,16H,1,4,7,10H2. The molecule has 0 aliphatic carbocycles. The van der Waals surface area contributed by atoms with Crippen molar-refractivity contribution in [2.75, 3.05) is 6.54 Å². The van der Waals surface area contributed by atoms with Crippen LogP contribution in [0.5, 0.6) is 0 Å². The van der Waals surface area contributed by atoms with Crippen molar-refractivity contribution in [2.45, 2.75) is 25.4 Å². The van der Waals surface area contributed by atoms with Crippen LogP contribution in [-0.2, 0) is 6.54 Å². The molecule has 1 aliphatic heterocycles. The van der Waals surface area contributed by atoms with Crippen molar-refractivity contribution in [3.05, 3.63) is 36.7 Å². The number of hydrogen-bond acceptors (Lipinski definition) is 4. The van der Waals surface area contributed by atoms with E-state index in [0.717, 1.165) is 35.8 Å². The second kappa shape index (κ2) is 4.76. The molecule has 4 heterocycles. The molecule has 5 nitrogen and oxygen atoms in total. The Kier molecular flexibility index (Phi) is 2.77. The zero-order valence-corrected chi connectivity index (χ0v) is 11.1. The second-order valence-corrected chi connectivity index (χ2v) is 5.16. The average Bonchev–Trinajstić information content (AvgIpc) is 3.19. The van der Waals surface area contributed by atoms with Gasteiger partial charge in [-0.05, 0) is 43.7 Å². The zero-order valence-electron chi connectivity index (χ0n) is 11.1. The van der Waals surface area contributed by atoms with Gasteiger partial charge in [0.15, 0.2) is 17.2 Å². The van der Waals surface area contributed by atoms with Crippen molar-refractivity contribution in [3.8, 4) is 11.6 Å². The lowest BCUT2D eigenvalue weighted by molar-refractivity contribution is 0.509. The minimum absolute atomic E-state index is 0.489. The Balaban J connectivity index is 1.84. The molecule has 102 valence electrons. The van der Waals surface area contributed by atoms with Crippen molar-refractivity contribution in [3.63, 3.8) is 0 Å². The molecule has 3 aromatic rings. The van der Waals surface area contributed by atoms with E-state index in [1.165, 1.54) is 12.8 Å². The van der Waals surface area contributed by atoms with Crippen molar-refractivity contribution >= 4 is 11.2 Å². The van der Waals surface area contributed by atoms with E-state index in [1.54, 1.807) is 6.26 Å². The number of furan rings is 1. The molecule has 5 heteroatoms. The predicted molar refractivity (Wildman–Crippen MR) is 76.3 cm³/mol. The predicted octanol–water partition coefficient (Wildman–Crippen LogP) is 2.44. The SMILES string of the molecule is c1coc(-c2nc3cccnc3n2CC2CCCN2)c1. The summed E-state index contributed by atoms with van der Waals surface area (Å²) >= 11 is 0. The van der Waals surface area contributed by atoms with E-state index in [1.807, 2.05) is 30.5 Å². The molecule has 3 aromatic heterocycles. The number of rotatable bonds is 3. The first-order valence-electron chi connectivity index (χ1n) is 7.00. The van der Waals surface area contributed by atoms with E-state index in [0.29, 0.717) is 6.04 Å². The van der Waals surface area contributed by atoms with E-state index in [4.69, 9.17) is 4.42 Å². The summed E-state index contributed by atoms with van der Waals surface area (Å²) in [7, 11) is 0. The molecule has 0 spiro atoms. The number of fused-ring (bicyclic) bond motifs is 1. The third kappa shape index (κ3) is 1.91. The monoisotopic (exact) mass is 268 g/mol. The molecule has 1 unspecified atom stereocenters. The highest BCUT2D eigenvalue weighted by Gasteiger charge is 2.20. The lowest BCUT2D eigenvalue weighted by Gasteiger charge is -2.13. The Bertz CT molecular complexity index is 711. The van der Waals surface area contributed by atoms with Crippen LogP contribution >= 0.6 is 0 Å². The summed E-state index contributed by atoms with van der Waals surface area (Å²) in [6, 6.07) is 8.23. The van der Waals surface area contributed by atoms with Crippen LogP contribution in [0.4, 0.5) is 0 Å². The van der Waals surface area contributed by atoms with Gasteiger partial charge in [0.1, 0.15) is 5.52 Å². The summed E-state index contributed by atoms with van der Waals surface area (Å²) in [6.07, 6.45) is 5.93. The van der Waals surface area contributed by atoms with E-state index in [-0.39, 0.29) is 0 Å². The number of imidazole rings is 1. The molecular formula is C15H16N4O. The summed E-state index contributed by atoms with van der Waals surface area (Å²) in [5.41, 5.74) is 1.84. The molecule has 20 heavy (non-hydrogen) atoms. The average molecular weight is 268 g/mol. The van der Waals surface area contributed by atoms with Gasteiger partial charge in [-0.3, -0.25) is 0 Å². The molecule has 0 radical (unpaired) electrons. The molecular weight excluding hydrogens is 252 g/mol. The van der Waals surface area contributed by atoms with Crippen molar-refractivity contribution in [1.82, 2.24) is 19.9 Å². The fourth-order valence-corrected chi connectivity index (χ4v) is 2.86. The van der Waals surface area contributed by atoms with Gasteiger partial charge in [0.2, 0.25) is 0 Å². The van der Waals surface area contributed by atoms with Crippen LogP contribution in [0.25, 0.3) is 22.7 Å². The fraction of sp³-hybridized carbons (Fsp3) is 0.333. The molecule has 0 bridgehead atoms. The van der Waals surface area contributed by atoms with E-state index < -0.39 is 0 Å². The fourth-order valence-electron chi connectivity index (χ4n) is 2.86. The lowest BCUT2D eigenvalue weighted by atomic mass is 10.2. The van der Waals surface area contributed by atoms with Gasteiger partial charge in [0, 0.05) is 18.8 Å². The van der Waals surface area contributed by atoms with Gasteiger partial charge in [0.25, 0.3) is 0 Å². The molecule has 1 N–H and O–H groups in total. The molecule has 4 rings (SSSR count). The van der Waals surface area contributed by atoms with E-state index >= 15 is 0 Å². The first kappa shape index (κ1) is 11.7. The summed E-state index contributed by atoms with van der Waals surface area (Å²) in [5.74, 6) is 1.65. The van der Waals surface area contributed by atoms with Gasteiger partial charge in [-0.2, -0.15) is 0 Å². The van der Waals surface area contributed by atoms with Gasteiger partial charge < -0.3 is 14.3 Å². The third-order valence-corrected chi connectivity index (χ3v) is 3.81. The van der Waals surface area contributed by atoms with Gasteiger partial charge >= 0.3 is 0 Å². The van der Waals surface area contributed by atoms with Crippen LogP contribution in [0.15, 0.2) is 41.1 Å². The van der Waals surface area contributed by atoms with Gasteiger partial charge in [-0.1, -0.05) is 0 Å². The molecule has 1 saturated heterocycles. The minimum atomic E-state index is 0.489. The van der Waals surface area contributed by atoms with Gasteiger partial charge in [-0.15, -0.1) is 0 Å². The number of nitrogens with one attached hydrogen (secondary N) is 1. The Hall–Kier alpha value is -2.14. The third-order valence-electron chi connectivity index (χ3n) is 3.81. The summed E-state index contributed by atoms with van der Waals surface area (Å²) in [6.45, 7) is 1.98. The lowest BCUT2D eigenvalue weighted by Crippen LogP contribution is -2.27. The highest BCUT2D eigenvalue weighted by molar-refractivity contribution is 5.75. The molecule has 1 atom stereocenters. The van der Waals surface area contributed by atoms with Crippen LogP contribution in [0.3, 0.4) is 0 Å².